The topological polar surface area (TPSA) is 180 Å². The number of nitrogens with zero attached hydrogens (tertiary/aromatic N) is 3. The maximum absolute atomic E-state index is 13.7. The second-order valence-corrected chi connectivity index (χ2v) is 14.8. The molecule has 0 aliphatic heterocycles. The predicted octanol–water partition coefficient (Wildman–Crippen LogP) is 3.65. The third-order valence-electron chi connectivity index (χ3n) is 5.97. The maximum Gasteiger partial charge on any atom is 0.306 e. The quantitative estimate of drug-likeness (QED) is 0.116. The van der Waals surface area contributed by atoms with Gasteiger partial charge in [-0.1, -0.05) is 42.5 Å². The highest BCUT2D eigenvalue weighted by Crippen LogP contribution is 2.29. The first kappa shape index (κ1) is 32.5. The van der Waals surface area contributed by atoms with Crippen LogP contribution in [-0.4, -0.2) is 52.0 Å². The molecule has 0 N–H and O–H groups in total. The first-order chi connectivity index (χ1) is 20.6. The Labute approximate surface area is 255 Å². The van der Waals surface area contributed by atoms with E-state index < -0.39 is 45.8 Å². The summed E-state index contributed by atoms with van der Waals surface area (Å²) in [6.45, 7) is -0.275. The summed E-state index contributed by atoms with van der Waals surface area (Å²) in [5.74, 6) is -0.267. The van der Waals surface area contributed by atoms with Gasteiger partial charge in [0, 0.05) is 24.9 Å². The normalized spacial score (nSPS) is 12.2. The van der Waals surface area contributed by atoms with Crippen LogP contribution < -0.4 is 8.37 Å². The summed E-state index contributed by atoms with van der Waals surface area (Å²) in [7, 11) is -12.2. The summed E-state index contributed by atoms with van der Waals surface area (Å²) in [6, 6.07) is 20.9. The lowest BCUT2D eigenvalue weighted by Gasteiger charge is -2.22. The molecule has 0 radical (unpaired) electrons. The molecule has 0 saturated carbocycles. The van der Waals surface area contributed by atoms with Gasteiger partial charge in [0.25, 0.3) is 15.7 Å². The molecule has 0 fully saturated rings. The van der Waals surface area contributed by atoms with Crippen LogP contribution in [0.2, 0.25) is 0 Å². The fourth-order valence-corrected chi connectivity index (χ4v) is 6.69. The number of sulfonamides is 1. The van der Waals surface area contributed by atoms with E-state index in [9.17, 15) is 35.4 Å². The molecule has 1 heterocycles. The number of hydrogen-bond donors (Lipinski definition) is 0. The van der Waals surface area contributed by atoms with Gasteiger partial charge >= 0.3 is 20.2 Å². The Morgan fingerprint density at radius 2 is 1.30 bits per heavy atom. The van der Waals surface area contributed by atoms with Crippen molar-refractivity contribution in [2.75, 3.05) is 12.5 Å². The Balaban J connectivity index is 1.63. The first-order valence-corrected chi connectivity index (χ1v) is 17.8. The molecular weight excluding hydrogens is 635 g/mol. The van der Waals surface area contributed by atoms with E-state index in [0.717, 1.165) is 28.9 Å². The lowest BCUT2D eigenvalue weighted by Crippen LogP contribution is -2.31. The molecule has 0 spiro atoms. The minimum Gasteiger partial charge on any atom is -0.382 e. The Kier molecular flexibility index (Phi) is 9.68. The van der Waals surface area contributed by atoms with Crippen LogP contribution in [0.15, 0.2) is 96.0 Å². The van der Waals surface area contributed by atoms with Crippen molar-refractivity contribution in [3.63, 3.8) is 0 Å². The smallest absolute Gasteiger partial charge is 0.306 e. The van der Waals surface area contributed by atoms with Crippen LogP contribution in [-0.2, 0) is 49.8 Å². The minimum absolute atomic E-state index is 0.130. The van der Waals surface area contributed by atoms with Crippen LogP contribution in [0.1, 0.15) is 22.4 Å². The molecule has 4 aromatic rings. The van der Waals surface area contributed by atoms with Gasteiger partial charge in [0.05, 0.1) is 29.7 Å². The molecule has 44 heavy (non-hydrogen) atoms. The highest BCUT2D eigenvalue weighted by Gasteiger charge is 2.32. The van der Waals surface area contributed by atoms with Crippen LogP contribution in [0.3, 0.4) is 0 Å². The molecule has 13 nitrogen and oxygen atoms in total. The van der Waals surface area contributed by atoms with E-state index in [4.69, 9.17) is 8.37 Å². The van der Waals surface area contributed by atoms with E-state index in [-0.39, 0.29) is 31.0 Å². The third-order valence-corrected chi connectivity index (χ3v) is 8.80. The predicted molar refractivity (Wildman–Crippen MR) is 160 cm³/mol. The summed E-state index contributed by atoms with van der Waals surface area (Å²) in [6.07, 6.45) is 3.43. The molecule has 16 heteroatoms. The summed E-state index contributed by atoms with van der Waals surface area (Å²) < 4.78 is 85.0. The number of benzene rings is 3. The molecule has 3 aromatic carbocycles. The van der Waals surface area contributed by atoms with Gasteiger partial charge in [-0.2, -0.15) is 21.1 Å². The van der Waals surface area contributed by atoms with Crippen molar-refractivity contribution in [3.8, 4) is 11.5 Å². The molecule has 0 aliphatic carbocycles. The van der Waals surface area contributed by atoms with Gasteiger partial charge in [0.2, 0.25) is 0 Å². The number of nitro groups is 1. The zero-order valence-corrected chi connectivity index (χ0v) is 25.9. The van der Waals surface area contributed by atoms with Crippen molar-refractivity contribution < 1.29 is 38.5 Å². The van der Waals surface area contributed by atoms with Crippen molar-refractivity contribution in [2.45, 2.75) is 24.4 Å². The number of aromatic nitrogens is 1. The molecule has 0 unspecified atom stereocenters. The van der Waals surface area contributed by atoms with E-state index in [1.165, 1.54) is 36.5 Å². The Hall–Kier alpha value is -4.38. The van der Waals surface area contributed by atoms with E-state index >= 15 is 0 Å². The van der Waals surface area contributed by atoms with Crippen LogP contribution in [0, 0.1) is 10.1 Å². The average molecular weight is 662 g/mol. The van der Waals surface area contributed by atoms with Crippen LogP contribution >= 0.6 is 0 Å². The molecule has 0 aliphatic rings. The number of pyridine rings is 1. The summed E-state index contributed by atoms with van der Waals surface area (Å²) in [5, 5.41) is 11.6. The zero-order valence-electron chi connectivity index (χ0n) is 23.4. The van der Waals surface area contributed by atoms with Crippen LogP contribution in [0.5, 0.6) is 11.5 Å². The highest BCUT2D eigenvalue weighted by atomic mass is 32.2. The number of nitro benzene ring substituents is 1. The van der Waals surface area contributed by atoms with Crippen molar-refractivity contribution in [1.82, 2.24) is 9.29 Å². The maximum atomic E-state index is 13.7. The number of hydrogen-bond acceptors (Lipinski definition) is 11. The van der Waals surface area contributed by atoms with Crippen molar-refractivity contribution in [2.24, 2.45) is 0 Å². The van der Waals surface area contributed by atoms with Crippen molar-refractivity contribution in [1.29, 1.82) is 0 Å². The van der Waals surface area contributed by atoms with E-state index in [2.05, 4.69) is 4.98 Å². The summed E-state index contributed by atoms with van der Waals surface area (Å²) in [5.41, 5.74) is 1.66. The van der Waals surface area contributed by atoms with Gasteiger partial charge in [-0.15, -0.1) is 0 Å². The molecular formula is C28H27N3O10S3. The number of rotatable bonds is 13. The van der Waals surface area contributed by atoms with Gasteiger partial charge in [0.1, 0.15) is 11.5 Å². The standard InChI is InChI=1S/C28H27N3O10S3/c1-42(34,35)40-25-16-23(17-26(18-25)41-43(2,36)37)15-21-10-12-22(13-11-21)19-30(20-24-7-5-6-14-29-24)44(38,39)28-9-4-3-8-27(28)31(32)33/h3-14,16-18H,15,19-20H2,1-2H3. The van der Waals surface area contributed by atoms with E-state index in [1.807, 2.05) is 0 Å². The summed E-state index contributed by atoms with van der Waals surface area (Å²) >= 11 is 0. The lowest BCUT2D eigenvalue weighted by molar-refractivity contribution is -0.387. The molecule has 232 valence electrons. The molecule has 4 rings (SSSR count). The lowest BCUT2D eigenvalue weighted by atomic mass is 10.0. The van der Waals surface area contributed by atoms with Crippen molar-refractivity contribution >= 4 is 35.9 Å². The van der Waals surface area contributed by atoms with E-state index in [0.29, 0.717) is 22.4 Å². The minimum atomic E-state index is -4.35. The van der Waals surface area contributed by atoms with E-state index in [1.54, 1.807) is 42.5 Å². The summed E-state index contributed by atoms with van der Waals surface area (Å²) in [4.78, 5) is 14.6. The van der Waals surface area contributed by atoms with Gasteiger partial charge in [0.15, 0.2) is 4.90 Å². The van der Waals surface area contributed by atoms with Gasteiger partial charge in [-0.3, -0.25) is 15.1 Å². The molecule has 0 amide bonds. The SMILES string of the molecule is CS(=O)(=O)Oc1cc(Cc2ccc(CN(Cc3ccccn3)S(=O)(=O)c3ccccc3[N+](=O)[O-])cc2)cc(OS(C)(=O)=O)c1. The third kappa shape index (κ3) is 9.06. The Bertz CT molecular complexity index is 1930. The van der Waals surface area contributed by atoms with Crippen LogP contribution in [0.25, 0.3) is 0 Å². The van der Waals surface area contributed by atoms with Crippen molar-refractivity contribution in [3.05, 3.63) is 124 Å². The van der Waals surface area contributed by atoms with Gasteiger partial charge < -0.3 is 8.37 Å². The largest absolute Gasteiger partial charge is 0.382 e. The molecule has 1 aromatic heterocycles. The number of para-hydroxylation sites is 1. The Morgan fingerprint density at radius 3 is 1.84 bits per heavy atom. The van der Waals surface area contributed by atoms with Gasteiger partial charge in [-0.05, 0) is 53.4 Å². The fourth-order valence-electron chi connectivity index (χ4n) is 4.24. The van der Waals surface area contributed by atoms with Crippen LogP contribution in [0.4, 0.5) is 5.69 Å². The first-order valence-electron chi connectivity index (χ1n) is 12.7. The average Bonchev–Trinajstić information content (AvgIpc) is 2.92. The second-order valence-electron chi connectivity index (χ2n) is 9.70. The van der Waals surface area contributed by atoms with Gasteiger partial charge in [-0.25, -0.2) is 8.42 Å². The Morgan fingerprint density at radius 1 is 0.727 bits per heavy atom. The second kappa shape index (κ2) is 13.1. The molecule has 0 atom stereocenters. The molecule has 0 bridgehead atoms. The molecule has 0 saturated heterocycles. The fraction of sp³-hybridized carbons (Fsp3) is 0.179. The zero-order chi connectivity index (χ0) is 32.1. The highest BCUT2D eigenvalue weighted by molar-refractivity contribution is 7.89. The monoisotopic (exact) mass is 661 g/mol.